The average Bonchev–Trinajstić information content (AvgIpc) is 2.94. The molecule has 0 fully saturated rings. The predicted molar refractivity (Wildman–Crippen MR) is 154 cm³/mol. The van der Waals surface area contributed by atoms with Gasteiger partial charge in [0.1, 0.15) is 5.82 Å². The summed E-state index contributed by atoms with van der Waals surface area (Å²) < 4.78 is 20.2. The Morgan fingerprint density at radius 2 is 1.69 bits per heavy atom. The molecule has 5 heteroatoms. The van der Waals surface area contributed by atoms with Gasteiger partial charge in [-0.3, -0.25) is 0 Å². The summed E-state index contributed by atoms with van der Waals surface area (Å²) in [5.74, 6) is 2.75. The van der Waals surface area contributed by atoms with Gasteiger partial charge in [-0.2, -0.15) is 0 Å². The van der Waals surface area contributed by atoms with E-state index >= 15 is 0 Å². The second kappa shape index (κ2) is 11.3. The molecule has 1 aliphatic rings. The fourth-order valence-corrected chi connectivity index (χ4v) is 5.81. The number of carboxylic acids is 1. The van der Waals surface area contributed by atoms with Crippen LogP contribution in [0, 0.1) is 16.6 Å². The number of halogens is 1. The molecule has 0 heterocycles. The first-order valence-corrected chi connectivity index (χ1v) is 14.3. The Morgan fingerprint density at radius 3 is 2.38 bits per heavy atom. The van der Waals surface area contributed by atoms with Crippen LogP contribution < -0.4 is 9.20 Å². The molecular weight excluding hydrogens is 554 g/mol. The molecule has 3 nitrogen and oxygen atoms in total. The average molecular weight is 582 g/mol. The number of ether oxygens (including phenoxy) is 1. The quantitative estimate of drug-likeness (QED) is 0.208. The number of fused-ring (bicyclic) bond motifs is 1. The molecule has 0 amide bonds. The van der Waals surface area contributed by atoms with Crippen LogP contribution in [0.5, 0.6) is 5.75 Å². The molecule has 0 aliphatic heterocycles. The van der Waals surface area contributed by atoms with Crippen molar-refractivity contribution in [1.29, 1.82) is 0 Å². The van der Waals surface area contributed by atoms with E-state index in [0.717, 1.165) is 28.9 Å². The molecule has 1 N–H and O–H groups in total. The van der Waals surface area contributed by atoms with Crippen molar-refractivity contribution in [2.75, 3.05) is 0 Å². The summed E-state index contributed by atoms with van der Waals surface area (Å²) in [4.78, 5) is 14.3. The first-order chi connectivity index (χ1) is 18.8. The van der Waals surface area contributed by atoms with Gasteiger partial charge in [-0.25, -0.2) is 4.39 Å². The van der Waals surface area contributed by atoms with Gasteiger partial charge in [0, 0.05) is 0 Å². The SMILES string of the molecule is CC1(C)CC=C(c2ccc(OCc3ccc(F)cc3)cc2)c2ccc([Se]C#Cc3ccc(C(=O)O)cc3)cc21. The zero-order chi connectivity index (χ0) is 27.4. The summed E-state index contributed by atoms with van der Waals surface area (Å²) in [6, 6.07) is 27.8. The Kier molecular flexibility index (Phi) is 7.70. The Bertz CT molecular complexity index is 1590. The van der Waals surface area contributed by atoms with Gasteiger partial charge < -0.3 is 0 Å². The van der Waals surface area contributed by atoms with E-state index in [9.17, 15) is 9.18 Å². The van der Waals surface area contributed by atoms with Crippen molar-refractivity contribution in [3.8, 4) is 16.5 Å². The van der Waals surface area contributed by atoms with E-state index in [4.69, 9.17) is 9.84 Å². The summed E-state index contributed by atoms with van der Waals surface area (Å²) in [5.41, 5.74) is 6.94. The van der Waals surface area contributed by atoms with E-state index < -0.39 is 5.97 Å². The minimum absolute atomic E-state index is 0.0171. The molecule has 0 bridgehead atoms. The number of carboxylic acid groups (broad SMARTS) is 1. The van der Waals surface area contributed by atoms with Gasteiger partial charge in [0.05, 0.1) is 0 Å². The van der Waals surface area contributed by atoms with E-state index in [1.54, 1.807) is 36.4 Å². The van der Waals surface area contributed by atoms with Crippen LogP contribution in [-0.2, 0) is 12.0 Å². The van der Waals surface area contributed by atoms with Crippen molar-refractivity contribution in [3.05, 3.63) is 136 Å². The van der Waals surface area contributed by atoms with E-state index in [1.807, 2.05) is 12.1 Å². The summed E-state index contributed by atoms with van der Waals surface area (Å²) in [7, 11) is 0. The zero-order valence-corrected chi connectivity index (χ0v) is 23.4. The van der Waals surface area contributed by atoms with E-state index in [2.05, 4.69) is 61.0 Å². The summed E-state index contributed by atoms with van der Waals surface area (Å²) in [6.07, 6.45) is 3.26. The molecule has 0 unspecified atom stereocenters. The minimum atomic E-state index is -0.935. The summed E-state index contributed by atoms with van der Waals surface area (Å²) in [5, 5.41) is 9.06. The van der Waals surface area contributed by atoms with Crippen LogP contribution in [0.25, 0.3) is 5.57 Å². The zero-order valence-electron chi connectivity index (χ0n) is 21.7. The van der Waals surface area contributed by atoms with Crippen LogP contribution in [0.2, 0.25) is 0 Å². The Hall–Kier alpha value is -4.10. The molecule has 0 saturated carbocycles. The van der Waals surface area contributed by atoms with Gasteiger partial charge in [-0.15, -0.1) is 0 Å². The van der Waals surface area contributed by atoms with Crippen LogP contribution in [0.15, 0.2) is 97.1 Å². The molecule has 0 aromatic heterocycles. The van der Waals surface area contributed by atoms with E-state index in [-0.39, 0.29) is 31.8 Å². The number of allylic oxidation sites excluding steroid dienone is 1. The van der Waals surface area contributed by atoms with Crippen LogP contribution >= 0.6 is 0 Å². The number of aromatic carboxylic acids is 1. The van der Waals surface area contributed by atoms with Gasteiger partial charge >= 0.3 is 201 Å². The Balaban J connectivity index is 1.31. The first kappa shape index (κ1) is 26.5. The number of hydrogen-bond acceptors (Lipinski definition) is 2. The monoisotopic (exact) mass is 582 g/mol. The van der Waals surface area contributed by atoms with Gasteiger partial charge in [-0.1, -0.05) is 12.1 Å². The van der Waals surface area contributed by atoms with Gasteiger partial charge in [0.2, 0.25) is 0 Å². The Labute approximate surface area is 234 Å². The van der Waals surface area contributed by atoms with E-state index in [0.29, 0.717) is 6.61 Å². The molecule has 0 spiro atoms. The van der Waals surface area contributed by atoms with Crippen molar-refractivity contribution in [2.24, 2.45) is 0 Å². The molecule has 0 saturated heterocycles. The van der Waals surface area contributed by atoms with Gasteiger partial charge in [0.15, 0.2) is 0 Å². The Morgan fingerprint density at radius 1 is 0.974 bits per heavy atom. The van der Waals surface area contributed by atoms with Crippen LogP contribution in [0.1, 0.15) is 58.4 Å². The predicted octanol–water partition coefficient (Wildman–Crippen LogP) is 6.55. The van der Waals surface area contributed by atoms with E-state index in [1.165, 1.54) is 33.3 Å². The van der Waals surface area contributed by atoms with Crippen molar-refractivity contribution in [1.82, 2.24) is 0 Å². The molecule has 194 valence electrons. The maximum absolute atomic E-state index is 13.1. The third kappa shape index (κ3) is 6.32. The third-order valence-corrected chi connectivity index (χ3v) is 8.26. The molecule has 1 aliphatic carbocycles. The van der Waals surface area contributed by atoms with Crippen molar-refractivity contribution in [2.45, 2.75) is 32.3 Å². The molecule has 0 atom stereocenters. The molecule has 5 rings (SSSR count). The number of rotatable bonds is 6. The van der Waals surface area contributed by atoms with Crippen LogP contribution in [0.3, 0.4) is 0 Å². The number of benzene rings is 4. The standard InChI is InChI=1S/C34H27FO3Se/c1-34(2)19-17-30(25-9-13-28(14-10-25)38-22-24-5-11-27(35)12-6-24)31-16-15-29(21-32(31)34)39-20-18-23-3-7-26(8-4-23)33(36)37/h3-17,21H,19,22H2,1-2H3,(H,36,37). The first-order valence-electron chi connectivity index (χ1n) is 12.6. The third-order valence-electron chi connectivity index (χ3n) is 6.81. The van der Waals surface area contributed by atoms with Crippen molar-refractivity contribution < 1.29 is 19.0 Å². The summed E-state index contributed by atoms with van der Waals surface area (Å²) in [6.45, 7) is 4.94. The van der Waals surface area contributed by atoms with Gasteiger partial charge in [-0.05, 0) is 12.1 Å². The fourth-order valence-electron chi connectivity index (χ4n) is 4.55. The molecule has 0 radical (unpaired) electrons. The normalized spacial score (nSPS) is 13.5. The molecule has 4 aromatic rings. The maximum atomic E-state index is 13.1. The second-order valence-electron chi connectivity index (χ2n) is 10.1. The second-order valence-corrected chi connectivity index (χ2v) is 11.9. The number of hydrogen-bond donors (Lipinski definition) is 1. The topological polar surface area (TPSA) is 46.5 Å². The van der Waals surface area contributed by atoms with Crippen molar-refractivity contribution in [3.63, 3.8) is 0 Å². The number of carbonyl (C=O) groups is 1. The molecular formula is C34H27FO3Se. The van der Waals surface area contributed by atoms with Crippen LogP contribution in [0.4, 0.5) is 4.39 Å². The van der Waals surface area contributed by atoms with Crippen molar-refractivity contribution >= 4 is 31.0 Å². The van der Waals surface area contributed by atoms with Crippen LogP contribution in [-0.4, -0.2) is 26.0 Å². The van der Waals surface area contributed by atoms with Gasteiger partial charge in [0.25, 0.3) is 0 Å². The summed E-state index contributed by atoms with van der Waals surface area (Å²) >= 11 is -0.0264. The molecule has 39 heavy (non-hydrogen) atoms. The molecule has 4 aromatic carbocycles. The fraction of sp³-hybridized carbons (Fsp3) is 0.147.